The molecule has 0 spiro atoms. The predicted octanol–water partition coefficient (Wildman–Crippen LogP) is 0.480. The lowest BCUT2D eigenvalue weighted by Gasteiger charge is -2.22. The van der Waals surface area contributed by atoms with Gasteiger partial charge < -0.3 is 15.0 Å². The van der Waals surface area contributed by atoms with Gasteiger partial charge in [-0.3, -0.25) is 0 Å². The van der Waals surface area contributed by atoms with Crippen LogP contribution in [0.1, 0.15) is 18.9 Å². The molecule has 0 atom stereocenters. The Bertz CT molecular complexity index is 534. The topological polar surface area (TPSA) is 80.8 Å². The number of imidazole rings is 1. The highest BCUT2D eigenvalue weighted by molar-refractivity contribution is 5.85. The lowest BCUT2D eigenvalue weighted by molar-refractivity contribution is 0.276. The van der Waals surface area contributed by atoms with E-state index in [0.29, 0.717) is 12.6 Å². The first kappa shape index (κ1) is 15.0. The van der Waals surface area contributed by atoms with Crippen LogP contribution in [-0.2, 0) is 6.54 Å². The number of halogens is 1. The summed E-state index contributed by atoms with van der Waals surface area (Å²) in [5.74, 6) is 0.759. The van der Waals surface area contributed by atoms with Crippen molar-refractivity contribution < 1.29 is 5.11 Å². The van der Waals surface area contributed by atoms with E-state index in [1.54, 1.807) is 6.20 Å². The Morgan fingerprint density at radius 1 is 1.35 bits per heavy atom. The molecule has 0 aliphatic carbocycles. The van der Waals surface area contributed by atoms with Gasteiger partial charge in [0, 0.05) is 18.9 Å². The Balaban J connectivity index is 0.00000147. The molecule has 7 nitrogen and oxygen atoms in total. The Labute approximate surface area is 123 Å². The lowest BCUT2D eigenvalue weighted by Crippen LogP contribution is -2.29. The van der Waals surface area contributed by atoms with Crippen molar-refractivity contribution in [1.82, 2.24) is 29.9 Å². The first-order chi connectivity index (χ1) is 9.38. The third-order valence-electron chi connectivity index (χ3n) is 3.48. The van der Waals surface area contributed by atoms with Crippen LogP contribution in [-0.4, -0.2) is 49.3 Å². The summed E-state index contributed by atoms with van der Waals surface area (Å²) in [7, 11) is 0. The van der Waals surface area contributed by atoms with E-state index in [-0.39, 0.29) is 19.0 Å². The average molecular weight is 299 g/mol. The molecule has 0 amide bonds. The number of hydrogen-bond donors (Lipinski definition) is 2. The second kappa shape index (κ2) is 6.83. The second-order valence-electron chi connectivity index (χ2n) is 4.73. The second-order valence-corrected chi connectivity index (χ2v) is 4.73. The number of aromatic nitrogens is 5. The number of nitrogens with zero attached hydrogens (tertiary/aromatic N) is 5. The first-order valence-corrected chi connectivity index (χ1v) is 6.63. The van der Waals surface area contributed by atoms with Crippen molar-refractivity contribution in [2.45, 2.75) is 25.4 Å². The van der Waals surface area contributed by atoms with Crippen molar-refractivity contribution in [3.05, 3.63) is 18.6 Å². The van der Waals surface area contributed by atoms with Gasteiger partial charge >= 0.3 is 0 Å². The van der Waals surface area contributed by atoms with Crippen LogP contribution in [0, 0.1) is 0 Å². The zero-order chi connectivity index (χ0) is 13.1. The fourth-order valence-electron chi connectivity index (χ4n) is 2.46. The van der Waals surface area contributed by atoms with Gasteiger partial charge in [-0.1, -0.05) is 5.21 Å². The number of hydrogen-bond acceptors (Lipinski definition) is 5. The third-order valence-corrected chi connectivity index (χ3v) is 3.48. The van der Waals surface area contributed by atoms with E-state index in [0.717, 1.165) is 37.4 Å². The molecule has 8 heteroatoms. The maximum atomic E-state index is 9.02. The summed E-state index contributed by atoms with van der Waals surface area (Å²) >= 11 is 0. The molecule has 0 saturated carbocycles. The highest BCUT2D eigenvalue weighted by Crippen LogP contribution is 2.20. The molecular formula is C12H19ClN6O. The zero-order valence-corrected chi connectivity index (χ0v) is 12.0. The molecule has 1 saturated heterocycles. The van der Waals surface area contributed by atoms with Gasteiger partial charge in [-0.2, -0.15) is 0 Å². The predicted molar refractivity (Wildman–Crippen MR) is 76.7 cm³/mol. The molecule has 0 bridgehead atoms. The smallest absolute Gasteiger partial charge is 0.162 e. The number of aliphatic hydroxyl groups is 1. The van der Waals surface area contributed by atoms with Crippen molar-refractivity contribution in [3.8, 4) is 11.5 Å². The van der Waals surface area contributed by atoms with Crippen LogP contribution in [0.3, 0.4) is 0 Å². The molecule has 1 aliphatic heterocycles. The van der Waals surface area contributed by atoms with Gasteiger partial charge in [0.05, 0.1) is 18.8 Å². The Kier molecular flexibility index (Phi) is 5.11. The third kappa shape index (κ3) is 3.00. The molecule has 0 radical (unpaired) electrons. The number of aliphatic hydroxyl groups excluding tert-OH is 1. The molecule has 3 heterocycles. The maximum Gasteiger partial charge on any atom is 0.162 e. The minimum Gasteiger partial charge on any atom is -0.395 e. The summed E-state index contributed by atoms with van der Waals surface area (Å²) in [4.78, 5) is 4.29. The minimum absolute atomic E-state index is 0. The lowest BCUT2D eigenvalue weighted by atomic mass is 10.1. The van der Waals surface area contributed by atoms with Crippen LogP contribution in [0.4, 0.5) is 0 Å². The van der Waals surface area contributed by atoms with E-state index in [1.807, 2.05) is 21.6 Å². The van der Waals surface area contributed by atoms with Crippen LogP contribution in [0.15, 0.2) is 18.6 Å². The van der Waals surface area contributed by atoms with E-state index in [1.165, 1.54) is 0 Å². The molecule has 0 unspecified atom stereocenters. The van der Waals surface area contributed by atoms with Gasteiger partial charge in [-0.25, -0.2) is 9.67 Å². The molecule has 110 valence electrons. The van der Waals surface area contributed by atoms with Crippen molar-refractivity contribution in [1.29, 1.82) is 0 Å². The first-order valence-electron chi connectivity index (χ1n) is 6.63. The Morgan fingerprint density at radius 2 is 2.15 bits per heavy atom. The fraction of sp³-hybridized carbons (Fsp3) is 0.583. The van der Waals surface area contributed by atoms with Gasteiger partial charge in [0.15, 0.2) is 5.82 Å². The minimum atomic E-state index is 0. The maximum absolute atomic E-state index is 9.02. The molecular weight excluding hydrogens is 280 g/mol. The molecule has 0 aromatic carbocycles. The normalized spacial score (nSPS) is 16.1. The fourth-order valence-corrected chi connectivity index (χ4v) is 2.46. The van der Waals surface area contributed by atoms with E-state index < -0.39 is 0 Å². The van der Waals surface area contributed by atoms with Gasteiger partial charge in [0.25, 0.3) is 0 Å². The van der Waals surface area contributed by atoms with Crippen molar-refractivity contribution in [2.75, 3.05) is 19.7 Å². The number of rotatable bonds is 4. The summed E-state index contributed by atoms with van der Waals surface area (Å²) < 4.78 is 3.82. The average Bonchev–Trinajstić information content (AvgIpc) is 3.08. The van der Waals surface area contributed by atoms with E-state index in [2.05, 4.69) is 20.6 Å². The van der Waals surface area contributed by atoms with Gasteiger partial charge in [-0.05, 0) is 25.9 Å². The largest absolute Gasteiger partial charge is 0.395 e. The molecule has 1 aliphatic rings. The molecule has 2 N–H and O–H groups in total. The van der Waals surface area contributed by atoms with E-state index in [4.69, 9.17) is 5.11 Å². The summed E-state index contributed by atoms with van der Waals surface area (Å²) in [6.45, 7) is 2.67. The summed E-state index contributed by atoms with van der Waals surface area (Å²) in [5.41, 5.74) is 0.761. The van der Waals surface area contributed by atoms with Crippen molar-refractivity contribution in [2.24, 2.45) is 0 Å². The van der Waals surface area contributed by atoms with Gasteiger partial charge in [-0.15, -0.1) is 17.5 Å². The molecule has 2 aromatic rings. The van der Waals surface area contributed by atoms with Crippen LogP contribution in [0.2, 0.25) is 0 Å². The molecule has 20 heavy (non-hydrogen) atoms. The number of nitrogens with one attached hydrogen (secondary N) is 1. The van der Waals surface area contributed by atoms with Crippen molar-refractivity contribution >= 4 is 12.4 Å². The highest BCUT2D eigenvalue weighted by atomic mass is 35.5. The van der Waals surface area contributed by atoms with Gasteiger partial charge in [0.1, 0.15) is 5.69 Å². The highest BCUT2D eigenvalue weighted by Gasteiger charge is 2.18. The summed E-state index contributed by atoms with van der Waals surface area (Å²) in [5, 5.41) is 20.8. The van der Waals surface area contributed by atoms with Crippen LogP contribution < -0.4 is 5.32 Å². The van der Waals surface area contributed by atoms with Crippen LogP contribution in [0.5, 0.6) is 0 Å². The molecule has 1 fully saturated rings. The van der Waals surface area contributed by atoms with Crippen LogP contribution in [0.25, 0.3) is 11.5 Å². The molecule has 3 rings (SSSR count). The monoisotopic (exact) mass is 298 g/mol. The zero-order valence-electron chi connectivity index (χ0n) is 11.1. The Hall–Kier alpha value is -1.44. The standard InChI is InChI=1S/C12H18N6O.ClH/c19-8-7-17-6-5-14-12(17)11-9-18(16-15-11)10-1-3-13-4-2-10;/h5-6,9-10,13,19H,1-4,7-8H2;1H. The Morgan fingerprint density at radius 3 is 2.90 bits per heavy atom. The van der Waals surface area contributed by atoms with Crippen molar-refractivity contribution in [3.63, 3.8) is 0 Å². The van der Waals surface area contributed by atoms with E-state index >= 15 is 0 Å². The van der Waals surface area contributed by atoms with Gasteiger partial charge in [0.2, 0.25) is 0 Å². The van der Waals surface area contributed by atoms with E-state index in [9.17, 15) is 0 Å². The quantitative estimate of drug-likeness (QED) is 0.858. The SMILES string of the molecule is Cl.OCCn1ccnc1-c1cn(C2CCNCC2)nn1. The summed E-state index contributed by atoms with van der Waals surface area (Å²) in [6, 6.07) is 0.420. The summed E-state index contributed by atoms with van der Waals surface area (Å²) in [6.07, 6.45) is 7.66. The number of piperidine rings is 1. The van der Waals surface area contributed by atoms with Crippen LogP contribution >= 0.6 is 12.4 Å². The molecule has 2 aromatic heterocycles.